The first-order chi connectivity index (χ1) is 10.2. The first-order valence-electron chi connectivity index (χ1n) is 8.81. The summed E-state index contributed by atoms with van der Waals surface area (Å²) in [5, 5.41) is 3.27. The van der Waals surface area contributed by atoms with Crippen molar-refractivity contribution < 1.29 is 9.53 Å². The molecule has 1 aliphatic carbocycles. The number of carbonyl (C=O) groups excluding carboxylic acids is 1. The van der Waals surface area contributed by atoms with Gasteiger partial charge in [-0.1, -0.05) is 26.2 Å². The lowest BCUT2D eigenvalue weighted by Crippen LogP contribution is -2.50. The van der Waals surface area contributed by atoms with E-state index in [0.717, 1.165) is 26.2 Å². The number of esters is 1. The van der Waals surface area contributed by atoms with Crippen molar-refractivity contribution in [3.8, 4) is 0 Å². The van der Waals surface area contributed by atoms with Crippen molar-refractivity contribution in [3.05, 3.63) is 0 Å². The molecule has 2 aliphatic rings. The van der Waals surface area contributed by atoms with E-state index in [4.69, 9.17) is 4.74 Å². The molecule has 1 saturated carbocycles. The highest BCUT2D eigenvalue weighted by Gasteiger charge is 2.36. The van der Waals surface area contributed by atoms with Crippen molar-refractivity contribution in [2.75, 3.05) is 32.8 Å². The van der Waals surface area contributed by atoms with E-state index in [-0.39, 0.29) is 12.0 Å². The fraction of sp³-hybridized carbons (Fsp3) is 0.941. The average molecular weight is 296 g/mol. The Hall–Kier alpha value is -0.610. The third-order valence-corrected chi connectivity index (χ3v) is 5.29. The minimum Gasteiger partial charge on any atom is -0.465 e. The van der Waals surface area contributed by atoms with E-state index in [9.17, 15) is 4.79 Å². The molecule has 0 bridgehead atoms. The summed E-state index contributed by atoms with van der Waals surface area (Å²) in [5.41, 5.74) is 0.631. The Balaban J connectivity index is 1.81. The van der Waals surface area contributed by atoms with Gasteiger partial charge in [0.2, 0.25) is 0 Å². The largest absolute Gasteiger partial charge is 0.465 e. The third-order valence-electron chi connectivity index (χ3n) is 5.29. The maximum atomic E-state index is 12.0. The van der Waals surface area contributed by atoms with Gasteiger partial charge in [0, 0.05) is 6.54 Å². The molecule has 2 rings (SSSR count). The lowest BCUT2D eigenvalue weighted by atomic mass is 9.68. The molecule has 0 aromatic heterocycles. The van der Waals surface area contributed by atoms with E-state index in [1.807, 2.05) is 13.8 Å². The first-order valence-corrected chi connectivity index (χ1v) is 8.81. The van der Waals surface area contributed by atoms with Crippen LogP contribution in [-0.4, -0.2) is 49.7 Å². The maximum Gasteiger partial charge on any atom is 0.324 e. The van der Waals surface area contributed by atoms with E-state index >= 15 is 0 Å². The van der Waals surface area contributed by atoms with Crippen molar-refractivity contribution in [2.45, 2.75) is 64.8 Å². The summed E-state index contributed by atoms with van der Waals surface area (Å²) in [6.07, 6.45) is 9.75. The van der Waals surface area contributed by atoms with Gasteiger partial charge in [-0.15, -0.1) is 0 Å². The number of nitrogens with zero attached hydrogens (tertiary/aromatic N) is 1. The Morgan fingerprint density at radius 3 is 2.38 bits per heavy atom. The molecule has 1 saturated heterocycles. The maximum absolute atomic E-state index is 12.0. The van der Waals surface area contributed by atoms with Crippen LogP contribution in [0.2, 0.25) is 0 Å². The summed E-state index contributed by atoms with van der Waals surface area (Å²) >= 11 is 0. The number of piperidine rings is 1. The molecule has 122 valence electrons. The number of rotatable bonds is 6. The van der Waals surface area contributed by atoms with Gasteiger partial charge < -0.3 is 15.0 Å². The van der Waals surface area contributed by atoms with Gasteiger partial charge in [0.15, 0.2) is 0 Å². The van der Waals surface area contributed by atoms with Crippen LogP contribution in [0, 0.1) is 5.41 Å². The molecule has 0 aromatic carbocycles. The standard InChI is InChI=1S/C17H32N2O2/c1-3-18-15(16(20)21-4-2)14-19-12-10-17(11-13-19)8-6-5-7-9-17/h15,18H,3-14H2,1-2H3. The minimum absolute atomic E-state index is 0.0997. The van der Waals surface area contributed by atoms with Gasteiger partial charge in [-0.05, 0) is 57.7 Å². The summed E-state index contributed by atoms with van der Waals surface area (Å²) < 4.78 is 5.18. The Labute approximate surface area is 129 Å². The van der Waals surface area contributed by atoms with E-state index in [1.165, 1.54) is 44.9 Å². The zero-order valence-electron chi connectivity index (χ0n) is 13.8. The van der Waals surface area contributed by atoms with Crippen LogP contribution in [-0.2, 0) is 9.53 Å². The average Bonchev–Trinajstić information content (AvgIpc) is 2.50. The molecule has 0 amide bonds. The second-order valence-electron chi connectivity index (χ2n) is 6.72. The van der Waals surface area contributed by atoms with E-state index < -0.39 is 0 Å². The van der Waals surface area contributed by atoms with E-state index in [2.05, 4.69) is 10.2 Å². The molecule has 0 aromatic rings. The fourth-order valence-electron chi connectivity index (χ4n) is 3.98. The normalized spacial score (nSPS) is 23.9. The highest BCUT2D eigenvalue weighted by Crippen LogP contribution is 2.44. The van der Waals surface area contributed by atoms with E-state index in [0.29, 0.717) is 12.0 Å². The molecule has 1 unspecified atom stereocenters. The van der Waals surface area contributed by atoms with Crippen LogP contribution < -0.4 is 5.32 Å². The quantitative estimate of drug-likeness (QED) is 0.765. The second-order valence-corrected chi connectivity index (χ2v) is 6.72. The predicted octanol–water partition coefficient (Wildman–Crippen LogP) is 2.57. The first kappa shape index (κ1) is 16.8. The SMILES string of the molecule is CCNC(CN1CCC2(CCCCC2)CC1)C(=O)OCC. The third kappa shape index (κ3) is 4.68. The van der Waals surface area contributed by atoms with Crippen LogP contribution >= 0.6 is 0 Å². The van der Waals surface area contributed by atoms with Gasteiger partial charge in [0.05, 0.1) is 6.61 Å². The lowest BCUT2D eigenvalue weighted by Gasteiger charge is -2.44. The van der Waals surface area contributed by atoms with Crippen LogP contribution in [0.15, 0.2) is 0 Å². The second kappa shape index (κ2) is 8.14. The zero-order chi connectivity index (χ0) is 15.1. The predicted molar refractivity (Wildman–Crippen MR) is 85.3 cm³/mol. The van der Waals surface area contributed by atoms with Gasteiger partial charge in [-0.25, -0.2) is 0 Å². The van der Waals surface area contributed by atoms with Gasteiger partial charge in [0.25, 0.3) is 0 Å². The van der Waals surface area contributed by atoms with Crippen molar-refractivity contribution >= 4 is 5.97 Å². The molecule has 1 spiro atoms. The van der Waals surface area contributed by atoms with Gasteiger partial charge in [0.1, 0.15) is 6.04 Å². The van der Waals surface area contributed by atoms with Gasteiger partial charge in [-0.3, -0.25) is 4.79 Å². The van der Waals surface area contributed by atoms with Crippen molar-refractivity contribution in [2.24, 2.45) is 5.41 Å². The summed E-state index contributed by atoms with van der Waals surface area (Å²) in [7, 11) is 0. The molecule has 2 fully saturated rings. The Morgan fingerprint density at radius 2 is 1.81 bits per heavy atom. The molecular weight excluding hydrogens is 264 g/mol. The van der Waals surface area contributed by atoms with Crippen LogP contribution in [0.1, 0.15) is 58.8 Å². The molecule has 1 heterocycles. The molecule has 1 N–H and O–H groups in total. The van der Waals surface area contributed by atoms with Crippen molar-refractivity contribution in [1.82, 2.24) is 10.2 Å². The highest BCUT2D eigenvalue weighted by atomic mass is 16.5. The minimum atomic E-state index is -0.171. The molecular formula is C17H32N2O2. The Morgan fingerprint density at radius 1 is 1.14 bits per heavy atom. The van der Waals surface area contributed by atoms with Crippen LogP contribution in [0.4, 0.5) is 0 Å². The number of hydrogen-bond acceptors (Lipinski definition) is 4. The molecule has 1 aliphatic heterocycles. The fourth-order valence-corrected chi connectivity index (χ4v) is 3.98. The monoisotopic (exact) mass is 296 g/mol. The molecule has 4 nitrogen and oxygen atoms in total. The van der Waals surface area contributed by atoms with Crippen molar-refractivity contribution in [1.29, 1.82) is 0 Å². The zero-order valence-corrected chi connectivity index (χ0v) is 13.8. The number of carbonyl (C=O) groups is 1. The van der Waals surface area contributed by atoms with Crippen LogP contribution in [0.3, 0.4) is 0 Å². The van der Waals surface area contributed by atoms with Crippen LogP contribution in [0.5, 0.6) is 0 Å². The number of ether oxygens (including phenoxy) is 1. The molecule has 1 atom stereocenters. The summed E-state index contributed by atoms with van der Waals surface area (Å²) in [5.74, 6) is -0.0997. The summed E-state index contributed by atoms with van der Waals surface area (Å²) in [6, 6.07) is -0.171. The number of hydrogen-bond donors (Lipinski definition) is 1. The number of nitrogens with one attached hydrogen (secondary N) is 1. The van der Waals surface area contributed by atoms with E-state index in [1.54, 1.807) is 0 Å². The summed E-state index contributed by atoms with van der Waals surface area (Å²) in [4.78, 5) is 14.4. The molecule has 4 heteroatoms. The Bertz CT molecular complexity index is 317. The highest BCUT2D eigenvalue weighted by molar-refractivity contribution is 5.76. The number of likely N-dealkylation sites (N-methyl/N-ethyl adjacent to an activating group) is 1. The molecule has 21 heavy (non-hydrogen) atoms. The van der Waals surface area contributed by atoms with Crippen LogP contribution in [0.25, 0.3) is 0 Å². The lowest BCUT2D eigenvalue weighted by molar-refractivity contribution is -0.146. The topological polar surface area (TPSA) is 41.6 Å². The van der Waals surface area contributed by atoms with Gasteiger partial charge in [-0.2, -0.15) is 0 Å². The molecule has 0 radical (unpaired) electrons. The Kier molecular flexibility index (Phi) is 6.49. The van der Waals surface area contributed by atoms with Gasteiger partial charge >= 0.3 is 5.97 Å². The number of likely N-dealkylation sites (tertiary alicyclic amines) is 1. The van der Waals surface area contributed by atoms with Crippen molar-refractivity contribution in [3.63, 3.8) is 0 Å². The smallest absolute Gasteiger partial charge is 0.324 e. The summed E-state index contributed by atoms with van der Waals surface area (Å²) in [6.45, 7) is 8.25.